The molecule has 0 N–H and O–H groups in total. The quantitative estimate of drug-likeness (QED) is 0.0552. The summed E-state index contributed by atoms with van der Waals surface area (Å²) in [5.74, 6) is -1.83. The van der Waals surface area contributed by atoms with Gasteiger partial charge in [-0.15, -0.1) is 0 Å². The van der Waals surface area contributed by atoms with Gasteiger partial charge in [-0.1, -0.05) is 115 Å². The Morgan fingerprint density at radius 1 is 0.432 bits per heavy atom. The molecular formula is C32H58BaO4. The molecule has 0 spiro atoms. The van der Waals surface area contributed by atoms with Crippen molar-refractivity contribution in [3.63, 3.8) is 0 Å². The number of unbranched alkanes of at least 4 members (excludes halogenated alkanes) is 18. The Morgan fingerprint density at radius 2 is 0.676 bits per heavy atom. The van der Waals surface area contributed by atoms with Crippen LogP contribution in [0.4, 0.5) is 0 Å². The zero-order chi connectivity index (χ0) is 27.0. The third-order valence-corrected chi connectivity index (χ3v) is 6.29. The van der Waals surface area contributed by atoms with Crippen molar-refractivity contribution in [1.82, 2.24) is 0 Å². The van der Waals surface area contributed by atoms with Crippen molar-refractivity contribution < 1.29 is 19.8 Å². The first-order chi connectivity index (χ1) is 17.5. The molecule has 4 nitrogen and oxygen atoms in total. The first-order valence-electron chi connectivity index (χ1n) is 15.2. The van der Waals surface area contributed by atoms with E-state index in [0.717, 1.165) is 38.5 Å². The van der Waals surface area contributed by atoms with Crippen molar-refractivity contribution in [2.45, 2.75) is 168 Å². The van der Waals surface area contributed by atoms with Gasteiger partial charge in [0.2, 0.25) is 0 Å². The molecule has 0 aliphatic carbocycles. The fourth-order valence-electron chi connectivity index (χ4n) is 3.97. The van der Waals surface area contributed by atoms with Crippen molar-refractivity contribution in [1.29, 1.82) is 0 Å². The standard InChI is InChI=1S/2C16H30O2.Ba/c2*1-2-3-4-5-6-7-8-9-10-11-12-13-14-15-16(17)18;/h2*7-8H,2-6,9-15H2,1H3,(H,17,18);/q;;+2/p-2/b8-7+;8-7-;. The van der Waals surface area contributed by atoms with Crippen molar-refractivity contribution in [3.05, 3.63) is 24.3 Å². The molecule has 0 saturated heterocycles. The molecule has 0 atom stereocenters. The second-order valence-corrected chi connectivity index (χ2v) is 10.00. The molecule has 0 saturated carbocycles. The number of carbonyl (C=O) groups is 2. The largest absolute Gasteiger partial charge is 2.00 e. The zero-order valence-electron chi connectivity index (χ0n) is 24.6. The molecular weight excluding hydrogens is 586 g/mol. The molecule has 0 aliphatic rings. The van der Waals surface area contributed by atoms with Crippen LogP contribution in [0.25, 0.3) is 0 Å². The van der Waals surface area contributed by atoms with Gasteiger partial charge in [-0.3, -0.25) is 0 Å². The van der Waals surface area contributed by atoms with E-state index in [9.17, 15) is 19.8 Å². The van der Waals surface area contributed by atoms with Gasteiger partial charge in [0.05, 0.1) is 0 Å². The Morgan fingerprint density at radius 3 is 0.946 bits per heavy atom. The van der Waals surface area contributed by atoms with Gasteiger partial charge in [-0.05, 0) is 77.0 Å². The predicted molar refractivity (Wildman–Crippen MR) is 156 cm³/mol. The van der Waals surface area contributed by atoms with Gasteiger partial charge < -0.3 is 19.8 Å². The molecule has 0 aromatic heterocycles. The van der Waals surface area contributed by atoms with Gasteiger partial charge in [0.1, 0.15) is 0 Å². The average Bonchev–Trinajstić information content (AvgIpc) is 2.85. The Labute approximate surface area is 270 Å². The minimum atomic E-state index is -0.916. The van der Waals surface area contributed by atoms with E-state index in [4.69, 9.17) is 0 Å². The van der Waals surface area contributed by atoms with Crippen LogP contribution in [0.5, 0.6) is 0 Å². The number of hydrogen-bond donors (Lipinski definition) is 0. The minimum absolute atomic E-state index is 0. The number of aliphatic carboxylic acids is 2. The van der Waals surface area contributed by atoms with Crippen LogP contribution >= 0.6 is 0 Å². The minimum Gasteiger partial charge on any atom is -0.550 e. The van der Waals surface area contributed by atoms with E-state index in [0.29, 0.717) is 0 Å². The van der Waals surface area contributed by atoms with E-state index in [1.165, 1.54) is 103 Å². The van der Waals surface area contributed by atoms with Gasteiger partial charge in [0.15, 0.2) is 0 Å². The summed E-state index contributed by atoms with van der Waals surface area (Å²) in [4.78, 5) is 20.4. The Balaban J connectivity index is -0.000000608. The fourth-order valence-corrected chi connectivity index (χ4v) is 3.97. The smallest absolute Gasteiger partial charge is 0.550 e. The molecule has 212 valence electrons. The Bertz CT molecular complexity index is 471. The third-order valence-electron chi connectivity index (χ3n) is 6.29. The van der Waals surface area contributed by atoms with Crippen molar-refractivity contribution >= 4 is 60.8 Å². The van der Waals surface area contributed by atoms with E-state index in [2.05, 4.69) is 38.2 Å². The molecule has 0 aromatic carbocycles. The van der Waals surface area contributed by atoms with Crippen LogP contribution in [0.1, 0.15) is 168 Å². The second-order valence-electron chi connectivity index (χ2n) is 10.00. The van der Waals surface area contributed by atoms with Crippen LogP contribution < -0.4 is 10.2 Å². The number of hydrogen-bond acceptors (Lipinski definition) is 4. The summed E-state index contributed by atoms with van der Waals surface area (Å²) in [6.07, 6.45) is 36.0. The van der Waals surface area contributed by atoms with Crippen LogP contribution in [0.15, 0.2) is 24.3 Å². The van der Waals surface area contributed by atoms with Gasteiger partial charge in [0.25, 0.3) is 0 Å². The number of carboxylic acid groups (broad SMARTS) is 2. The maximum Gasteiger partial charge on any atom is 2.00 e. The normalized spacial score (nSPS) is 10.9. The van der Waals surface area contributed by atoms with Crippen LogP contribution in [0, 0.1) is 0 Å². The fraction of sp³-hybridized carbons (Fsp3) is 0.812. The topological polar surface area (TPSA) is 80.3 Å². The molecule has 5 heteroatoms. The van der Waals surface area contributed by atoms with Crippen LogP contribution in [-0.4, -0.2) is 60.8 Å². The molecule has 0 bridgehead atoms. The summed E-state index contributed by atoms with van der Waals surface area (Å²) in [6, 6.07) is 0. The Hall–Kier alpha value is -0.00857. The van der Waals surface area contributed by atoms with Crippen LogP contribution in [-0.2, 0) is 9.59 Å². The van der Waals surface area contributed by atoms with Gasteiger partial charge in [-0.25, -0.2) is 0 Å². The molecule has 0 rings (SSSR count). The Kier molecular flexibility index (Phi) is 42.8. The van der Waals surface area contributed by atoms with Crippen LogP contribution in [0.2, 0.25) is 0 Å². The number of carboxylic acids is 2. The molecule has 0 unspecified atom stereocenters. The first kappa shape index (κ1) is 41.5. The summed E-state index contributed by atoms with van der Waals surface area (Å²) in [7, 11) is 0. The van der Waals surface area contributed by atoms with Crippen molar-refractivity contribution in [2.24, 2.45) is 0 Å². The summed E-state index contributed by atoms with van der Waals surface area (Å²) in [5, 5.41) is 20.4. The van der Waals surface area contributed by atoms with Crippen molar-refractivity contribution in [2.75, 3.05) is 0 Å². The summed E-state index contributed by atoms with van der Waals surface area (Å²) < 4.78 is 0. The van der Waals surface area contributed by atoms with Gasteiger partial charge >= 0.3 is 48.9 Å². The third kappa shape index (κ3) is 46.2. The van der Waals surface area contributed by atoms with E-state index in [1.54, 1.807) is 0 Å². The van der Waals surface area contributed by atoms with E-state index in [1.807, 2.05) is 0 Å². The van der Waals surface area contributed by atoms with Crippen molar-refractivity contribution in [3.8, 4) is 0 Å². The van der Waals surface area contributed by atoms with Crippen LogP contribution in [0.3, 0.4) is 0 Å². The van der Waals surface area contributed by atoms with Gasteiger partial charge in [0, 0.05) is 11.9 Å². The molecule has 37 heavy (non-hydrogen) atoms. The summed E-state index contributed by atoms with van der Waals surface area (Å²) in [6.45, 7) is 4.48. The maximum absolute atomic E-state index is 10.2. The second kappa shape index (κ2) is 38.1. The number of allylic oxidation sites excluding steroid dienone is 4. The predicted octanol–water partition coefficient (Wildman–Crippen LogP) is 7.61. The van der Waals surface area contributed by atoms with Gasteiger partial charge in [-0.2, -0.15) is 0 Å². The molecule has 0 heterocycles. The van der Waals surface area contributed by atoms with E-state index in [-0.39, 0.29) is 61.7 Å². The SMILES string of the molecule is CCCCCC/C=C/CCCCCCCC(=O)[O-].CCCCCC/C=C\CCCCCCCC(=O)[O-].[Ba+2]. The maximum atomic E-state index is 10.2. The summed E-state index contributed by atoms with van der Waals surface area (Å²) in [5.41, 5.74) is 0. The summed E-state index contributed by atoms with van der Waals surface area (Å²) >= 11 is 0. The average molecular weight is 644 g/mol. The van der Waals surface area contributed by atoms with E-state index >= 15 is 0 Å². The molecule has 0 fully saturated rings. The number of carbonyl (C=O) groups excluding carboxylic acids is 2. The molecule has 0 aromatic rings. The molecule has 0 radical (unpaired) electrons. The van der Waals surface area contributed by atoms with E-state index < -0.39 is 11.9 Å². The first-order valence-corrected chi connectivity index (χ1v) is 15.2. The monoisotopic (exact) mass is 644 g/mol. The zero-order valence-corrected chi connectivity index (χ0v) is 29.1. The molecule has 0 aliphatic heterocycles. The number of rotatable bonds is 26. The molecule has 0 amide bonds.